The lowest BCUT2D eigenvalue weighted by molar-refractivity contribution is 0.375. The van der Waals surface area contributed by atoms with E-state index in [1.807, 2.05) is 0 Å². The van der Waals surface area contributed by atoms with Gasteiger partial charge in [-0.1, -0.05) is 41.5 Å². The van der Waals surface area contributed by atoms with Crippen LogP contribution >= 0.6 is 0 Å². The molecule has 10 nitrogen and oxygen atoms in total. The normalized spacial score (nSPS) is 12.4. The number of hydrogen-bond acceptors (Lipinski definition) is 8. The van der Waals surface area contributed by atoms with Crippen molar-refractivity contribution in [1.82, 2.24) is 34.5 Å². The van der Waals surface area contributed by atoms with Crippen LogP contribution in [0.2, 0.25) is 0 Å². The summed E-state index contributed by atoms with van der Waals surface area (Å²) in [7, 11) is 1.48. The van der Waals surface area contributed by atoms with Gasteiger partial charge in [0.1, 0.15) is 11.6 Å². The van der Waals surface area contributed by atoms with Crippen molar-refractivity contribution >= 4 is 11.6 Å². The largest absolute Gasteiger partial charge is 0.467 e. The van der Waals surface area contributed by atoms with Gasteiger partial charge in [0.05, 0.1) is 18.5 Å². The molecule has 0 saturated carbocycles. The molecule has 0 aromatic carbocycles. The molecule has 3 heterocycles. The van der Waals surface area contributed by atoms with Crippen LogP contribution in [0.15, 0.2) is 12.1 Å². The highest BCUT2D eigenvalue weighted by atomic mass is 16.5. The highest BCUT2D eigenvalue weighted by Crippen LogP contribution is 2.26. The van der Waals surface area contributed by atoms with Gasteiger partial charge in [-0.25, -0.2) is 0 Å². The average Bonchev–Trinajstić information content (AvgIpc) is 3.17. The van der Waals surface area contributed by atoms with Crippen molar-refractivity contribution in [3.05, 3.63) is 23.5 Å². The predicted octanol–water partition coefficient (Wildman–Crippen LogP) is 2.01. The minimum absolute atomic E-state index is 0.111. The average molecular weight is 385 g/mol. The third kappa shape index (κ3) is 3.62. The van der Waals surface area contributed by atoms with Crippen LogP contribution in [-0.2, 0) is 10.8 Å². The minimum atomic E-state index is -0.173. The monoisotopic (exact) mass is 385 g/mol. The molecular weight excluding hydrogens is 358 g/mol. The Kier molecular flexibility index (Phi) is 4.52. The predicted molar refractivity (Wildman–Crippen MR) is 107 cm³/mol. The number of rotatable bonds is 3. The Balaban J connectivity index is 2.15. The molecule has 150 valence electrons. The van der Waals surface area contributed by atoms with E-state index < -0.39 is 0 Å². The molecule has 28 heavy (non-hydrogen) atoms. The van der Waals surface area contributed by atoms with Gasteiger partial charge < -0.3 is 16.2 Å². The van der Waals surface area contributed by atoms with Crippen LogP contribution < -0.4 is 16.2 Å². The van der Waals surface area contributed by atoms with Crippen LogP contribution in [0.3, 0.4) is 0 Å². The van der Waals surface area contributed by atoms with Gasteiger partial charge >= 0.3 is 6.01 Å². The molecule has 0 fully saturated rings. The summed E-state index contributed by atoms with van der Waals surface area (Å²) >= 11 is 0. The molecule has 4 N–H and O–H groups in total. The highest BCUT2D eigenvalue weighted by molar-refractivity contribution is 5.42. The van der Waals surface area contributed by atoms with Crippen molar-refractivity contribution < 1.29 is 4.74 Å². The maximum Gasteiger partial charge on any atom is 0.322 e. The maximum absolute atomic E-state index is 6.15. The van der Waals surface area contributed by atoms with Gasteiger partial charge in [0.25, 0.3) is 11.9 Å². The molecule has 0 unspecified atom stereocenters. The van der Waals surface area contributed by atoms with Crippen molar-refractivity contribution in [1.29, 1.82) is 0 Å². The quantitative estimate of drug-likeness (QED) is 0.699. The van der Waals surface area contributed by atoms with Crippen LogP contribution in [0.1, 0.15) is 52.9 Å². The smallest absolute Gasteiger partial charge is 0.322 e. The molecule has 3 aromatic rings. The first-order chi connectivity index (χ1) is 12.9. The molecular formula is C18H27N9O. The molecule has 0 spiro atoms. The minimum Gasteiger partial charge on any atom is -0.467 e. The first kappa shape index (κ1) is 19.6. The lowest BCUT2D eigenvalue weighted by Gasteiger charge is -2.14. The summed E-state index contributed by atoms with van der Waals surface area (Å²) in [6, 6.07) is 3.71. The second-order valence-corrected chi connectivity index (χ2v) is 8.65. The van der Waals surface area contributed by atoms with Crippen LogP contribution in [-0.4, -0.2) is 41.6 Å². The lowest BCUT2D eigenvalue weighted by atomic mass is 9.92. The van der Waals surface area contributed by atoms with Gasteiger partial charge in [0.15, 0.2) is 0 Å². The summed E-state index contributed by atoms with van der Waals surface area (Å²) in [4.78, 5) is 13.0. The molecule has 0 aliphatic heterocycles. The van der Waals surface area contributed by atoms with Gasteiger partial charge in [-0.3, -0.25) is 0 Å². The summed E-state index contributed by atoms with van der Waals surface area (Å²) < 4.78 is 8.15. The van der Waals surface area contributed by atoms with Gasteiger partial charge in [-0.2, -0.15) is 34.5 Å². The summed E-state index contributed by atoms with van der Waals surface area (Å²) in [6.45, 7) is 12.3. The summed E-state index contributed by atoms with van der Waals surface area (Å²) in [5.41, 5.74) is 13.6. The molecule has 10 heteroatoms. The zero-order chi connectivity index (χ0) is 20.9. The molecule has 0 radical (unpaired) electrons. The van der Waals surface area contributed by atoms with E-state index in [4.69, 9.17) is 16.2 Å². The molecule has 0 saturated heterocycles. The molecule has 0 bridgehead atoms. The first-order valence-electron chi connectivity index (χ1n) is 8.93. The SMILES string of the molecule is COc1nc(-n2nc(C(C)(C)C)cc2N)nc(-n2nc(C(C)(C)C)cc2N)n1. The zero-order valence-electron chi connectivity index (χ0n) is 17.3. The van der Waals surface area contributed by atoms with Crippen LogP contribution in [0.25, 0.3) is 11.9 Å². The molecule has 0 aliphatic rings. The number of nitrogens with two attached hydrogens (primary N) is 2. The molecule has 0 aliphatic carbocycles. The fraction of sp³-hybridized carbons (Fsp3) is 0.500. The fourth-order valence-electron chi connectivity index (χ4n) is 2.46. The third-order valence-corrected chi connectivity index (χ3v) is 4.16. The Hall–Kier alpha value is -3.17. The number of nitrogens with zero attached hydrogens (tertiary/aromatic N) is 7. The van der Waals surface area contributed by atoms with E-state index in [0.717, 1.165) is 11.4 Å². The number of aromatic nitrogens is 7. The van der Waals surface area contributed by atoms with Crippen molar-refractivity contribution in [2.24, 2.45) is 0 Å². The Morgan fingerprint density at radius 1 is 0.750 bits per heavy atom. The maximum atomic E-state index is 6.15. The summed E-state index contributed by atoms with van der Waals surface area (Å²) in [6.07, 6.45) is 0. The van der Waals surface area contributed by atoms with Gasteiger partial charge in [-0.15, -0.1) is 0 Å². The Morgan fingerprint density at radius 2 is 1.14 bits per heavy atom. The third-order valence-electron chi connectivity index (χ3n) is 4.16. The van der Waals surface area contributed by atoms with Crippen molar-refractivity contribution in [2.75, 3.05) is 18.6 Å². The van der Waals surface area contributed by atoms with E-state index in [1.165, 1.54) is 16.5 Å². The second kappa shape index (κ2) is 6.47. The molecule has 0 amide bonds. The van der Waals surface area contributed by atoms with E-state index in [1.54, 1.807) is 12.1 Å². The van der Waals surface area contributed by atoms with Gasteiger partial charge in [0, 0.05) is 23.0 Å². The molecule has 0 atom stereocenters. The number of methoxy groups -OCH3 is 1. The number of ether oxygens (including phenoxy) is 1. The number of nitrogen functional groups attached to an aromatic ring is 2. The van der Waals surface area contributed by atoms with E-state index >= 15 is 0 Å². The van der Waals surface area contributed by atoms with Gasteiger partial charge in [-0.05, 0) is 0 Å². The van der Waals surface area contributed by atoms with Gasteiger partial charge in [0.2, 0.25) is 0 Å². The summed E-state index contributed by atoms with van der Waals surface area (Å²) in [5, 5.41) is 9.10. The van der Waals surface area contributed by atoms with E-state index in [0.29, 0.717) is 11.6 Å². The zero-order valence-corrected chi connectivity index (χ0v) is 17.3. The van der Waals surface area contributed by atoms with Crippen molar-refractivity contribution in [2.45, 2.75) is 52.4 Å². The lowest BCUT2D eigenvalue weighted by Crippen LogP contribution is -2.16. The molecule has 3 aromatic heterocycles. The van der Waals surface area contributed by atoms with Crippen LogP contribution in [0.4, 0.5) is 11.6 Å². The van der Waals surface area contributed by atoms with Crippen LogP contribution in [0, 0.1) is 0 Å². The van der Waals surface area contributed by atoms with E-state index in [2.05, 4.69) is 66.7 Å². The fourth-order valence-corrected chi connectivity index (χ4v) is 2.46. The van der Waals surface area contributed by atoms with Crippen molar-refractivity contribution in [3.63, 3.8) is 0 Å². The number of anilines is 2. The topological polar surface area (TPSA) is 136 Å². The first-order valence-corrected chi connectivity index (χ1v) is 8.93. The number of hydrogen-bond donors (Lipinski definition) is 2. The van der Waals surface area contributed by atoms with E-state index in [9.17, 15) is 0 Å². The molecule has 3 rings (SSSR count). The van der Waals surface area contributed by atoms with Crippen molar-refractivity contribution in [3.8, 4) is 17.9 Å². The second-order valence-electron chi connectivity index (χ2n) is 8.65. The Labute approximate surface area is 163 Å². The van der Waals surface area contributed by atoms with Crippen LogP contribution in [0.5, 0.6) is 6.01 Å². The van der Waals surface area contributed by atoms with E-state index in [-0.39, 0.29) is 28.7 Å². The summed E-state index contributed by atoms with van der Waals surface area (Å²) in [5.74, 6) is 1.27. The highest BCUT2D eigenvalue weighted by Gasteiger charge is 2.23. The Bertz CT molecular complexity index is 929. The standard InChI is InChI=1S/C18H27N9O/c1-17(2,3)10-8-12(19)26(24-10)14-21-15(23-16(22-14)28-7)27-13(20)9-11(25-27)18(4,5)6/h8-9H,19-20H2,1-7H3. The Morgan fingerprint density at radius 3 is 1.43 bits per heavy atom.